The largest absolute Gasteiger partial charge is 0.497 e. The Morgan fingerprint density at radius 2 is 1.66 bits per heavy atom. The first-order valence-electron chi connectivity index (χ1n) is 11.9. The number of carbonyl (C=O) groups excluding carboxylic acids is 2. The van der Waals surface area contributed by atoms with E-state index < -0.39 is 6.04 Å². The van der Waals surface area contributed by atoms with Crippen molar-refractivity contribution in [2.75, 3.05) is 19.4 Å². The quantitative estimate of drug-likeness (QED) is 0.388. The first kappa shape index (κ1) is 26.4. The molecule has 1 N–H and O–H groups in total. The number of hydrogen-bond acceptors (Lipinski definition) is 4. The van der Waals surface area contributed by atoms with E-state index in [9.17, 15) is 9.59 Å². The van der Waals surface area contributed by atoms with Crippen LogP contribution in [0.3, 0.4) is 0 Å². The second-order valence-corrected chi connectivity index (χ2v) is 9.44. The van der Waals surface area contributed by atoms with Gasteiger partial charge in [0, 0.05) is 25.3 Å². The van der Waals surface area contributed by atoms with Gasteiger partial charge in [0.15, 0.2) is 0 Å². The van der Waals surface area contributed by atoms with E-state index in [4.69, 9.17) is 4.74 Å². The average Bonchev–Trinajstić information content (AvgIpc) is 2.87. The number of benzene rings is 3. The number of thioether (sulfide) groups is 1. The van der Waals surface area contributed by atoms with Crippen molar-refractivity contribution in [3.63, 3.8) is 0 Å². The summed E-state index contributed by atoms with van der Waals surface area (Å²) in [5, 5.41) is 2.93. The van der Waals surface area contributed by atoms with Crippen LogP contribution in [-0.4, -0.2) is 42.2 Å². The Kier molecular flexibility index (Phi) is 10.2. The van der Waals surface area contributed by atoms with Crippen molar-refractivity contribution in [1.82, 2.24) is 10.2 Å². The van der Waals surface area contributed by atoms with Gasteiger partial charge in [0.2, 0.25) is 11.8 Å². The van der Waals surface area contributed by atoms with E-state index in [0.717, 1.165) is 22.6 Å². The summed E-state index contributed by atoms with van der Waals surface area (Å²) < 4.78 is 5.38. The number of hydrogen-bond donors (Lipinski definition) is 1. The van der Waals surface area contributed by atoms with E-state index >= 15 is 0 Å². The molecule has 0 spiro atoms. The van der Waals surface area contributed by atoms with Gasteiger partial charge in [-0.2, -0.15) is 0 Å². The van der Waals surface area contributed by atoms with Crippen LogP contribution in [0.2, 0.25) is 0 Å². The molecule has 0 saturated heterocycles. The Balaban J connectivity index is 1.84. The summed E-state index contributed by atoms with van der Waals surface area (Å²) in [4.78, 5) is 28.5. The highest BCUT2D eigenvalue weighted by molar-refractivity contribution is 7.99. The van der Waals surface area contributed by atoms with Crippen LogP contribution in [0.15, 0.2) is 78.9 Å². The Morgan fingerprint density at radius 1 is 0.943 bits per heavy atom. The van der Waals surface area contributed by atoms with E-state index in [2.05, 4.69) is 30.4 Å². The van der Waals surface area contributed by atoms with Crippen LogP contribution >= 0.6 is 11.8 Å². The van der Waals surface area contributed by atoms with Crippen molar-refractivity contribution in [3.05, 3.63) is 101 Å². The van der Waals surface area contributed by atoms with Gasteiger partial charge in [-0.25, -0.2) is 0 Å². The van der Waals surface area contributed by atoms with Crippen LogP contribution < -0.4 is 10.1 Å². The van der Waals surface area contributed by atoms with Gasteiger partial charge in [0.05, 0.1) is 12.9 Å². The Morgan fingerprint density at radius 3 is 2.37 bits per heavy atom. The topological polar surface area (TPSA) is 58.6 Å². The molecule has 35 heavy (non-hydrogen) atoms. The first-order chi connectivity index (χ1) is 17.0. The van der Waals surface area contributed by atoms with Crippen molar-refractivity contribution in [3.8, 4) is 5.75 Å². The standard InChI is InChI=1S/C29H34N2O3S/c1-4-30-29(33)27(18-23-11-6-5-7-12-23)31(19-24-13-9-15-26(17-24)34-3)28(32)21-35-20-25-14-8-10-22(2)16-25/h5-17,27H,4,18-21H2,1-3H3,(H,30,33)/t27-/m1/s1. The molecule has 3 aromatic carbocycles. The average molecular weight is 491 g/mol. The molecule has 2 amide bonds. The summed E-state index contributed by atoms with van der Waals surface area (Å²) in [7, 11) is 1.62. The fourth-order valence-corrected chi connectivity index (χ4v) is 4.81. The van der Waals surface area contributed by atoms with Gasteiger partial charge in [-0.3, -0.25) is 9.59 Å². The van der Waals surface area contributed by atoms with Crippen molar-refractivity contribution < 1.29 is 14.3 Å². The lowest BCUT2D eigenvalue weighted by Crippen LogP contribution is -2.51. The molecule has 0 heterocycles. The molecule has 184 valence electrons. The van der Waals surface area contributed by atoms with Gasteiger partial charge < -0.3 is 15.0 Å². The molecule has 0 aliphatic rings. The van der Waals surface area contributed by atoms with Crippen LogP contribution in [-0.2, 0) is 28.3 Å². The van der Waals surface area contributed by atoms with E-state index in [0.29, 0.717) is 25.3 Å². The molecule has 3 aromatic rings. The zero-order valence-electron chi connectivity index (χ0n) is 20.7. The predicted molar refractivity (Wildman–Crippen MR) is 144 cm³/mol. The highest BCUT2D eigenvalue weighted by atomic mass is 32.2. The lowest BCUT2D eigenvalue weighted by Gasteiger charge is -2.31. The van der Waals surface area contributed by atoms with Crippen molar-refractivity contribution in [2.45, 2.75) is 38.6 Å². The third-order valence-corrected chi connectivity index (χ3v) is 6.67. The molecule has 0 saturated carbocycles. The van der Waals surface area contributed by atoms with Crippen LogP contribution in [0, 0.1) is 6.92 Å². The fourth-order valence-electron chi connectivity index (χ4n) is 3.95. The van der Waals surface area contributed by atoms with Crippen LogP contribution in [0.4, 0.5) is 0 Å². The minimum Gasteiger partial charge on any atom is -0.497 e. The van der Waals surface area contributed by atoms with Gasteiger partial charge in [0.25, 0.3) is 0 Å². The second kappa shape index (κ2) is 13.6. The van der Waals surface area contributed by atoms with E-state index in [-0.39, 0.29) is 11.8 Å². The number of methoxy groups -OCH3 is 1. The molecule has 5 nitrogen and oxygen atoms in total. The van der Waals surface area contributed by atoms with E-state index in [1.807, 2.05) is 67.6 Å². The van der Waals surface area contributed by atoms with Crippen molar-refractivity contribution in [2.24, 2.45) is 0 Å². The molecule has 0 aliphatic carbocycles. The lowest BCUT2D eigenvalue weighted by molar-refractivity contribution is -0.139. The Hall–Kier alpha value is -3.25. The number of likely N-dealkylation sites (N-methyl/N-ethyl adjacent to an activating group) is 1. The maximum absolute atomic E-state index is 13.6. The van der Waals surface area contributed by atoms with Gasteiger partial charge >= 0.3 is 0 Å². The summed E-state index contributed by atoms with van der Waals surface area (Å²) in [6, 6.07) is 25.2. The summed E-state index contributed by atoms with van der Waals surface area (Å²) in [6.45, 7) is 4.79. The molecule has 3 rings (SSSR count). The molecule has 0 radical (unpaired) electrons. The van der Waals surface area contributed by atoms with E-state index in [1.54, 1.807) is 23.8 Å². The molecular weight excluding hydrogens is 456 g/mol. The Labute approximate surface area is 212 Å². The first-order valence-corrected chi connectivity index (χ1v) is 13.0. The predicted octanol–water partition coefficient (Wildman–Crippen LogP) is 5.01. The third kappa shape index (κ3) is 8.18. The number of rotatable bonds is 12. The van der Waals surface area contributed by atoms with Crippen molar-refractivity contribution in [1.29, 1.82) is 0 Å². The number of carbonyl (C=O) groups is 2. The molecule has 0 aliphatic heterocycles. The molecule has 0 unspecified atom stereocenters. The lowest BCUT2D eigenvalue weighted by atomic mass is 10.0. The zero-order valence-corrected chi connectivity index (χ0v) is 21.5. The van der Waals surface area contributed by atoms with Gasteiger partial charge in [-0.1, -0.05) is 72.3 Å². The Bertz CT molecular complexity index is 1100. The molecule has 0 bridgehead atoms. The third-order valence-electron chi connectivity index (χ3n) is 5.69. The molecular formula is C29H34N2O3S. The number of amides is 2. The monoisotopic (exact) mass is 490 g/mol. The summed E-state index contributed by atoms with van der Waals surface area (Å²) in [6.07, 6.45) is 0.449. The second-order valence-electron chi connectivity index (χ2n) is 8.46. The maximum atomic E-state index is 13.6. The normalized spacial score (nSPS) is 11.5. The van der Waals surface area contributed by atoms with Gasteiger partial charge in [0.1, 0.15) is 11.8 Å². The fraction of sp³-hybridized carbons (Fsp3) is 0.310. The maximum Gasteiger partial charge on any atom is 0.243 e. The van der Waals surface area contributed by atoms with Crippen molar-refractivity contribution >= 4 is 23.6 Å². The molecule has 0 aromatic heterocycles. The van der Waals surface area contributed by atoms with Crippen LogP contribution in [0.1, 0.15) is 29.2 Å². The van der Waals surface area contributed by atoms with Crippen LogP contribution in [0.5, 0.6) is 5.75 Å². The summed E-state index contributed by atoms with van der Waals surface area (Å²) in [5.41, 5.74) is 4.32. The number of nitrogens with zero attached hydrogens (tertiary/aromatic N) is 1. The van der Waals surface area contributed by atoms with Gasteiger partial charge in [-0.15, -0.1) is 11.8 Å². The molecule has 6 heteroatoms. The summed E-state index contributed by atoms with van der Waals surface area (Å²) >= 11 is 1.57. The highest BCUT2D eigenvalue weighted by Gasteiger charge is 2.30. The van der Waals surface area contributed by atoms with E-state index in [1.165, 1.54) is 11.1 Å². The zero-order chi connectivity index (χ0) is 25.0. The molecule has 0 fully saturated rings. The minimum atomic E-state index is -0.615. The number of nitrogens with one attached hydrogen (secondary N) is 1. The summed E-state index contributed by atoms with van der Waals surface area (Å²) in [5.74, 6) is 1.56. The minimum absolute atomic E-state index is 0.0577. The smallest absolute Gasteiger partial charge is 0.243 e. The highest BCUT2D eigenvalue weighted by Crippen LogP contribution is 2.21. The van der Waals surface area contributed by atoms with Gasteiger partial charge in [-0.05, 0) is 42.7 Å². The number of aryl methyl sites for hydroxylation is 1. The molecule has 1 atom stereocenters. The van der Waals surface area contributed by atoms with Crippen LogP contribution in [0.25, 0.3) is 0 Å². The number of ether oxygens (including phenoxy) is 1. The SMILES string of the molecule is CCNC(=O)[C@@H](Cc1ccccc1)N(Cc1cccc(OC)c1)C(=O)CSCc1cccc(C)c1.